The van der Waals surface area contributed by atoms with Gasteiger partial charge >= 0.3 is 0 Å². The molecule has 0 saturated heterocycles. The van der Waals surface area contributed by atoms with Gasteiger partial charge in [-0.1, -0.05) is 0 Å². The summed E-state index contributed by atoms with van der Waals surface area (Å²) in [4.78, 5) is 8.65. The molecular weight excluding hydrogens is 303 g/mol. The van der Waals surface area contributed by atoms with Gasteiger partial charge in [0, 0.05) is 41.2 Å². The normalized spacial score (nSPS) is 12.3. The molecule has 0 aromatic rings. The molecule has 1 radical (unpaired) electrons. The van der Waals surface area contributed by atoms with Crippen LogP contribution in [0.1, 0.15) is 69.2 Å². The van der Waals surface area contributed by atoms with Crippen molar-refractivity contribution in [1.82, 2.24) is 10.6 Å². The van der Waals surface area contributed by atoms with Crippen molar-refractivity contribution in [1.29, 1.82) is 0 Å². The Morgan fingerprint density at radius 3 is 1.00 bits per heavy atom. The second-order valence-corrected chi connectivity index (χ2v) is 6.21. The predicted molar refractivity (Wildman–Crippen MR) is 93.0 cm³/mol. The summed E-state index contributed by atoms with van der Waals surface area (Å²) < 4.78 is 0. The Kier molecular flexibility index (Phi) is 17.4. The van der Waals surface area contributed by atoms with E-state index in [1.54, 1.807) is 0 Å². The maximum Gasteiger partial charge on any atom is 0.0936 e. The van der Waals surface area contributed by atoms with E-state index < -0.39 is 0 Å². The molecule has 0 amide bonds. The second-order valence-electron chi connectivity index (χ2n) is 6.21. The fourth-order valence-corrected chi connectivity index (χ4v) is 1.68. The summed E-state index contributed by atoms with van der Waals surface area (Å²) in [7, 11) is 0. The van der Waals surface area contributed by atoms with Crippen molar-refractivity contribution in [3.8, 4) is 0 Å². The molecule has 0 aliphatic carbocycles. The summed E-state index contributed by atoms with van der Waals surface area (Å²) in [5, 5.41) is 6.45. The van der Waals surface area contributed by atoms with E-state index in [0.717, 1.165) is 11.7 Å². The monoisotopic (exact) mass is 339 g/mol. The zero-order valence-electron chi connectivity index (χ0n) is 15.6. The van der Waals surface area contributed by atoms with Crippen LogP contribution < -0.4 is 10.6 Å². The largest absolute Gasteiger partial charge is 0.372 e. The molecule has 0 unspecified atom stereocenters. The molecule has 0 fully saturated rings. The summed E-state index contributed by atoms with van der Waals surface area (Å²) in [5.41, 5.74) is 0. The average molecular weight is 339 g/mol. The molecule has 4 nitrogen and oxygen atoms in total. The van der Waals surface area contributed by atoms with Gasteiger partial charge < -0.3 is 10.6 Å². The minimum Gasteiger partial charge on any atom is -0.372 e. The van der Waals surface area contributed by atoms with Crippen LogP contribution in [0.5, 0.6) is 0 Å². The third-order valence-electron chi connectivity index (χ3n) is 1.90. The van der Waals surface area contributed by atoms with Crippen LogP contribution in [0.3, 0.4) is 0 Å². The van der Waals surface area contributed by atoms with Gasteiger partial charge in [0.2, 0.25) is 0 Å². The Hall–Kier alpha value is -0.541. The second kappa shape index (κ2) is 14.4. The van der Waals surface area contributed by atoms with Crippen molar-refractivity contribution < 1.29 is 17.1 Å². The molecule has 0 aromatic carbocycles. The van der Waals surface area contributed by atoms with Gasteiger partial charge in [0.25, 0.3) is 0 Å². The molecule has 127 valence electrons. The Morgan fingerprint density at radius 2 is 0.857 bits per heavy atom. The van der Waals surface area contributed by atoms with Crippen molar-refractivity contribution in [2.45, 2.75) is 93.4 Å². The van der Waals surface area contributed by atoms with Gasteiger partial charge in [-0.15, -0.1) is 0 Å². The number of hydrogen-bond donors (Lipinski definition) is 2. The fourth-order valence-electron chi connectivity index (χ4n) is 1.68. The SMILES string of the molecule is CC(=NC(C)C)NC(C)C.CC(=NC(C)C)NC(C)C.[Mn]. The first-order valence-corrected chi connectivity index (χ1v) is 7.66. The van der Waals surface area contributed by atoms with Gasteiger partial charge in [-0.25, -0.2) is 0 Å². The Bertz CT molecular complexity index is 265. The third kappa shape index (κ3) is 24.8. The zero-order valence-corrected chi connectivity index (χ0v) is 16.8. The first kappa shape index (κ1) is 25.4. The Balaban J connectivity index is -0.000000295. The van der Waals surface area contributed by atoms with E-state index in [9.17, 15) is 0 Å². The molecule has 2 N–H and O–H groups in total. The molecule has 0 heterocycles. The smallest absolute Gasteiger partial charge is 0.0936 e. The van der Waals surface area contributed by atoms with E-state index in [2.05, 4.69) is 76.0 Å². The molecule has 0 aliphatic heterocycles. The van der Waals surface area contributed by atoms with Gasteiger partial charge in [-0.2, -0.15) is 0 Å². The van der Waals surface area contributed by atoms with E-state index in [4.69, 9.17) is 0 Å². The summed E-state index contributed by atoms with van der Waals surface area (Å²) in [6, 6.07) is 1.77. The van der Waals surface area contributed by atoms with Crippen LogP contribution in [0.2, 0.25) is 0 Å². The third-order valence-corrected chi connectivity index (χ3v) is 1.90. The van der Waals surface area contributed by atoms with Crippen LogP contribution in [0.25, 0.3) is 0 Å². The summed E-state index contributed by atoms with van der Waals surface area (Å²) in [5.74, 6) is 2.06. The first-order chi connectivity index (χ1) is 9.04. The minimum absolute atomic E-state index is 0. The Morgan fingerprint density at radius 1 is 0.619 bits per heavy atom. The van der Waals surface area contributed by atoms with E-state index in [-0.39, 0.29) is 17.1 Å². The maximum absolute atomic E-state index is 4.32. The van der Waals surface area contributed by atoms with Gasteiger partial charge in [0.1, 0.15) is 0 Å². The van der Waals surface area contributed by atoms with Crippen LogP contribution in [-0.2, 0) is 17.1 Å². The van der Waals surface area contributed by atoms with Gasteiger partial charge in [-0.3, -0.25) is 9.98 Å². The number of hydrogen-bond acceptors (Lipinski definition) is 2. The van der Waals surface area contributed by atoms with Crippen molar-refractivity contribution in [2.75, 3.05) is 0 Å². The predicted octanol–water partition coefficient (Wildman–Crippen LogP) is 3.62. The maximum atomic E-state index is 4.32. The number of nitrogens with one attached hydrogen (secondary N) is 2. The number of aliphatic imine (C=N–C) groups is 2. The molecule has 5 heteroatoms. The number of amidine groups is 2. The van der Waals surface area contributed by atoms with E-state index in [1.165, 1.54) is 0 Å². The summed E-state index contributed by atoms with van der Waals surface area (Å²) >= 11 is 0. The summed E-state index contributed by atoms with van der Waals surface area (Å²) in [6.45, 7) is 20.7. The standard InChI is InChI=1S/2C8H18N2.Mn/c2*1-6(2)9-8(5)10-7(3)4;/h2*6-7H,1-5H3,(H,9,10);. The molecule has 0 rings (SSSR count). The number of nitrogens with zero attached hydrogens (tertiary/aromatic N) is 2. The summed E-state index contributed by atoms with van der Waals surface area (Å²) in [6.07, 6.45) is 0. The zero-order chi connectivity index (χ0) is 16.3. The van der Waals surface area contributed by atoms with Crippen molar-refractivity contribution in [2.24, 2.45) is 9.98 Å². The van der Waals surface area contributed by atoms with Crippen LogP contribution in [0.4, 0.5) is 0 Å². The van der Waals surface area contributed by atoms with Crippen LogP contribution in [0, 0.1) is 0 Å². The van der Waals surface area contributed by atoms with E-state index in [1.807, 2.05) is 13.8 Å². The van der Waals surface area contributed by atoms with Gasteiger partial charge in [0.15, 0.2) is 0 Å². The molecule has 0 aliphatic rings. The molecule has 0 atom stereocenters. The fraction of sp³-hybridized carbons (Fsp3) is 0.875. The molecule has 0 aromatic heterocycles. The molecular formula is C16H36MnN4. The quantitative estimate of drug-likeness (QED) is 0.467. The van der Waals surface area contributed by atoms with Crippen LogP contribution >= 0.6 is 0 Å². The van der Waals surface area contributed by atoms with E-state index in [0.29, 0.717) is 24.2 Å². The minimum atomic E-state index is 0. The number of rotatable bonds is 4. The Labute approximate surface area is 143 Å². The topological polar surface area (TPSA) is 48.8 Å². The molecule has 0 bridgehead atoms. The average Bonchev–Trinajstić information content (AvgIpc) is 2.11. The van der Waals surface area contributed by atoms with Crippen molar-refractivity contribution >= 4 is 11.7 Å². The van der Waals surface area contributed by atoms with Gasteiger partial charge in [0.05, 0.1) is 11.7 Å². The molecule has 0 spiro atoms. The van der Waals surface area contributed by atoms with E-state index >= 15 is 0 Å². The van der Waals surface area contributed by atoms with Crippen molar-refractivity contribution in [3.05, 3.63) is 0 Å². The van der Waals surface area contributed by atoms with Gasteiger partial charge in [-0.05, 0) is 69.2 Å². The first-order valence-electron chi connectivity index (χ1n) is 7.66. The van der Waals surface area contributed by atoms with Crippen molar-refractivity contribution in [3.63, 3.8) is 0 Å². The molecule has 21 heavy (non-hydrogen) atoms. The van der Waals surface area contributed by atoms with Crippen LogP contribution in [0.15, 0.2) is 9.98 Å². The molecule has 0 saturated carbocycles. The van der Waals surface area contributed by atoms with Crippen LogP contribution in [-0.4, -0.2) is 35.8 Å².